The van der Waals surface area contributed by atoms with Crippen LogP contribution < -0.4 is 11.1 Å². The molecule has 0 bridgehead atoms. The summed E-state index contributed by atoms with van der Waals surface area (Å²) in [5, 5.41) is 3.37. The van der Waals surface area contributed by atoms with Gasteiger partial charge in [-0.05, 0) is 38.2 Å². The average Bonchev–Trinajstić information content (AvgIpc) is 2.51. The van der Waals surface area contributed by atoms with E-state index in [-0.39, 0.29) is 29.9 Å². The molecule has 0 radical (unpaired) electrons. The molecule has 0 saturated carbocycles. The number of aryl methyl sites for hydroxylation is 1. The van der Waals surface area contributed by atoms with Gasteiger partial charge in [0.15, 0.2) is 5.96 Å². The summed E-state index contributed by atoms with van der Waals surface area (Å²) in [6, 6.07) is 8.43. The second-order valence-corrected chi connectivity index (χ2v) is 6.28. The molecule has 0 aliphatic carbocycles. The second-order valence-electron chi connectivity index (χ2n) is 6.28. The molecule has 1 saturated heterocycles. The number of carbonyl (C=O) groups is 1. The van der Waals surface area contributed by atoms with Crippen molar-refractivity contribution in [3.63, 3.8) is 0 Å². The molecule has 1 heterocycles. The van der Waals surface area contributed by atoms with Gasteiger partial charge in [-0.2, -0.15) is 0 Å². The quantitative estimate of drug-likeness (QED) is 0.417. The number of primary amides is 1. The second kappa shape index (κ2) is 10.5. The van der Waals surface area contributed by atoms with E-state index >= 15 is 0 Å². The minimum Gasteiger partial charge on any atom is -0.370 e. The zero-order chi connectivity index (χ0) is 16.7. The van der Waals surface area contributed by atoms with Gasteiger partial charge in [0.1, 0.15) is 0 Å². The first kappa shape index (κ1) is 20.7. The molecule has 1 amide bonds. The lowest BCUT2D eigenvalue weighted by Crippen LogP contribution is -2.47. The lowest BCUT2D eigenvalue weighted by Gasteiger charge is -2.34. The van der Waals surface area contributed by atoms with Crippen molar-refractivity contribution in [2.75, 3.05) is 19.6 Å². The van der Waals surface area contributed by atoms with E-state index < -0.39 is 0 Å². The van der Waals surface area contributed by atoms with Crippen molar-refractivity contribution in [1.29, 1.82) is 0 Å². The van der Waals surface area contributed by atoms with Crippen LogP contribution >= 0.6 is 24.0 Å². The highest BCUT2D eigenvalue weighted by atomic mass is 127. The largest absolute Gasteiger partial charge is 0.370 e. The van der Waals surface area contributed by atoms with Gasteiger partial charge in [-0.1, -0.05) is 29.8 Å². The number of piperidine rings is 1. The highest BCUT2D eigenvalue weighted by Crippen LogP contribution is 2.19. The number of nitrogens with one attached hydrogen (secondary N) is 1. The number of nitrogens with zero attached hydrogens (tertiary/aromatic N) is 2. The van der Waals surface area contributed by atoms with Gasteiger partial charge in [0.2, 0.25) is 5.91 Å². The Morgan fingerprint density at radius 1 is 1.46 bits per heavy atom. The predicted octanol–water partition coefficient (Wildman–Crippen LogP) is 2.67. The molecule has 1 unspecified atom stereocenters. The lowest BCUT2D eigenvalue weighted by molar-refractivity contribution is -0.119. The molecular weight excluding hydrogens is 415 g/mol. The van der Waals surface area contributed by atoms with Gasteiger partial charge in [-0.3, -0.25) is 4.79 Å². The lowest BCUT2D eigenvalue weighted by atomic mass is 9.95. The predicted molar refractivity (Wildman–Crippen MR) is 110 cm³/mol. The van der Waals surface area contributed by atoms with Crippen molar-refractivity contribution in [2.45, 2.75) is 39.7 Å². The molecular formula is C18H29IN4O. The van der Waals surface area contributed by atoms with Crippen LogP contribution in [0.3, 0.4) is 0 Å². The van der Waals surface area contributed by atoms with Crippen LogP contribution in [0.5, 0.6) is 0 Å². The Labute approximate surface area is 162 Å². The molecule has 1 aliphatic rings. The molecule has 1 aromatic rings. The van der Waals surface area contributed by atoms with Crippen LogP contribution in [0.2, 0.25) is 0 Å². The van der Waals surface area contributed by atoms with E-state index in [4.69, 9.17) is 10.7 Å². The van der Waals surface area contributed by atoms with Gasteiger partial charge in [-0.15, -0.1) is 24.0 Å². The number of likely N-dealkylation sites (tertiary alicyclic amines) is 1. The highest BCUT2D eigenvalue weighted by Gasteiger charge is 2.23. The first-order valence-electron chi connectivity index (χ1n) is 8.45. The maximum atomic E-state index is 11.2. The fourth-order valence-corrected chi connectivity index (χ4v) is 3.11. The number of guanidine groups is 1. The van der Waals surface area contributed by atoms with E-state index in [0.29, 0.717) is 18.9 Å². The first-order chi connectivity index (χ1) is 11.1. The number of nitrogens with two attached hydrogens (primary N) is 1. The van der Waals surface area contributed by atoms with Gasteiger partial charge in [0.05, 0.1) is 6.54 Å². The van der Waals surface area contributed by atoms with Crippen molar-refractivity contribution in [3.05, 3.63) is 35.4 Å². The fraction of sp³-hybridized carbons (Fsp3) is 0.556. The molecule has 5 nitrogen and oxygen atoms in total. The smallest absolute Gasteiger partial charge is 0.217 e. The number of hydrogen-bond donors (Lipinski definition) is 2. The molecule has 134 valence electrons. The maximum Gasteiger partial charge on any atom is 0.217 e. The van der Waals surface area contributed by atoms with Crippen molar-refractivity contribution in [3.8, 4) is 0 Å². The Bertz CT molecular complexity index is 562. The molecule has 6 heteroatoms. The van der Waals surface area contributed by atoms with E-state index in [0.717, 1.165) is 38.4 Å². The van der Waals surface area contributed by atoms with Gasteiger partial charge in [-0.25, -0.2) is 4.99 Å². The summed E-state index contributed by atoms with van der Waals surface area (Å²) in [7, 11) is 0. The fourth-order valence-electron chi connectivity index (χ4n) is 3.11. The average molecular weight is 444 g/mol. The first-order valence-corrected chi connectivity index (χ1v) is 8.45. The molecule has 1 fully saturated rings. The molecule has 3 N–H and O–H groups in total. The van der Waals surface area contributed by atoms with E-state index in [1.807, 2.05) is 0 Å². The van der Waals surface area contributed by atoms with Crippen LogP contribution in [0.1, 0.15) is 37.3 Å². The van der Waals surface area contributed by atoms with E-state index in [1.54, 1.807) is 0 Å². The minimum atomic E-state index is -0.210. The zero-order valence-corrected chi connectivity index (χ0v) is 17.0. The summed E-state index contributed by atoms with van der Waals surface area (Å²) in [6.45, 7) is 7.51. The molecule has 1 atom stereocenters. The molecule has 1 aromatic carbocycles. The Morgan fingerprint density at radius 3 is 2.92 bits per heavy atom. The van der Waals surface area contributed by atoms with Crippen LogP contribution in [0.4, 0.5) is 0 Å². The van der Waals surface area contributed by atoms with E-state index in [1.165, 1.54) is 11.1 Å². The Kier molecular flexibility index (Phi) is 9.10. The van der Waals surface area contributed by atoms with Crippen molar-refractivity contribution < 1.29 is 4.79 Å². The third-order valence-electron chi connectivity index (χ3n) is 4.14. The van der Waals surface area contributed by atoms with Crippen LogP contribution in [0, 0.1) is 12.8 Å². The topological polar surface area (TPSA) is 70.7 Å². The molecule has 1 aliphatic heterocycles. The summed E-state index contributed by atoms with van der Waals surface area (Å²) in [4.78, 5) is 18.2. The van der Waals surface area contributed by atoms with E-state index in [2.05, 4.69) is 48.3 Å². The third-order valence-corrected chi connectivity index (χ3v) is 4.14. The van der Waals surface area contributed by atoms with Crippen LogP contribution in [-0.4, -0.2) is 36.4 Å². The number of amides is 1. The van der Waals surface area contributed by atoms with Crippen molar-refractivity contribution >= 4 is 35.8 Å². The number of halogens is 1. The zero-order valence-electron chi connectivity index (χ0n) is 14.6. The summed E-state index contributed by atoms with van der Waals surface area (Å²) < 4.78 is 0. The normalized spacial score (nSPS) is 18.0. The summed E-state index contributed by atoms with van der Waals surface area (Å²) in [5.41, 5.74) is 7.82. The SMILES string of the molecule is CCNC(=NCc1cccc(C)c1)N1CCCC(CC(N)=O)C1.I. The Balaban J connectivity index is 0.00000288. The number of aliphatic imine (C=N–C) groups is 1. The monoisotopic (exact) mass is 444 g/mol. The summed E-state index contributed by atoms with van der Waals surface area (Å²) >= 11 is 0. The maximum absolute atomic E-state index is 11.2. The van der Waals surface area contributed by atoms with Crippen molar-refractivity contribution in [1.82, 2.24) is 10.2 Å². The standard InChI is InChI=1S/C18H28N4O.HI/c1-3-20-18(21-12-15-7-4-6-14(2)10-15)22-9-5-8-16(13-22)11-17(19)23;/h4,6-7,10,16H,3,5,8-9,11-13H2,1-2H3,(H2,19,23)(H,20,21);1H. The number of benzene rings is 1. The summed E-state index contributed by atoms with van der Waals surface area (Å²) in [6.07, 6.45) is 2.61. The number of hydrogen-bond acceptors (Lipinski definition) is 2. The van der Waals surface area contributed by atoms with Crippen LogP contribution in [-0.2, 0) is 11.3 Å². The molecule has 24 heavy (non-hydrogen) atoms. The molecule has 0 aromatic heterocycles. The molecule has 2 rings (SSSR count). The van der Waals surface area contributed by atoms with E-state index in [9.17, 15) is 4.79 Å². The van der Waals surface area contributed by atoms with Crippen molar-refractivity contribution in [2.24, 2.45) is 16.6 Å². The van der Waals surface area contributed by atoms with Crippen LogP contribution in [0.25, 0.3) is 0 Å². The summed E-state index contributed by atoms with van der Waals surface area (Å²) in [5.74, 6) is 1.06. The highest BCUT2D eigenvalue weighted by molar-refractivity contribution is 14.0. The number of carbonyl (C=O) groups excluding carboxylic acids is 1. The van der Waals surface area contributed by atoms with Gasteiger partial charge >= 0.3 is 0 Å². The van der Waals surface area contributed by atoms with Gasteiger partial charge < -0.3 is 16.0 Å². The number of rotatable bonds is 5. The third kappa shape index (κ3) is 6.67. The van der Waals surface area contributed by atoms with Gasteiger partial charge in [0, 0.05) is 26.1 Å². The Morgan fingerprint density at radius 2 is 2.25 bits per heavy atom. The minimum absolute atomic E-state index is 0. The molecule has 0 spiro atoms. The van der Waals surface area contributed by atoms with Gasteiger partial charge in [0.25, 0.3) is 0 Å². The Hall–Kier alpha value is -1.31. The van der Waals surface area contributed by atoms with Crippen LogP contribution in [0.15, 0.2) is 29.3 Å².